The molecule has 5 rings (SSSR count). The third kappa shape index (κ3) is 3.61. The number of anilines is 2. The van der Waals surface area contributed by atoms with Crippen molar-refractivity contribution in [1.82, 2.24) is 20.3 Å². The molecule has 4 aromatic rings. The fourth-order valence-corrected chi connectivity index (χ4v) is 3.98. The monoisotopic (exact) mass is 409 g/mol. The zero-order valence-corrected chi connectivity index (χ0v) is 17.5. The molecule has 0 spiro atoms. The second-order valence-corrected chi connectivity index (χ2v) is 8.00. The van der Waals surface area contributed by atoms with E-state index in [4.69, 9.17) is 4.98 Å². The van der Waals surface area contributed by atoms with Gasteiger partial charge in [0.1, 0.15) is 11.8 Å². The molecule has 0 atom stereocenters. The van der Waals surface area contributed by atoms with E-state index in [9.17, 15) is 4.79 Å². The van der Waals surface area contributed by atoms with Crippen LogP contribution >= 0.6 is 0 Å². The predicted molar refractivity (Wildman–Crippen MR) is 123 cm³/mol. The van der Waals surface area contributed by atoms with Gasteiger partial charge < -0.3 is 10.2 Å². The summed E-state index contributed by atoms with van der Waals surface area (Å²) in [5.74, 6) is 0.751. The minimum atomic E-state index is -0.0728. The van der Waals surface area contributed by atoms with Gasteiger partial charge in [-0.1, -0.05) is 30.3 Å². The molecule has 0 fully saturated rings. The summed E-state index contributed by atoms with van der Waals surface area (Å²) < 4.78 is 0. The maximum absolute atomic E-state index is 12.2. The van der Waals surface area contributed by atoms with Crippen molar-refractivity contribution in [1.29, 1.82) is 0 Å². The Kier molecular flexibility index (Phi) is 4.82. The van der Waals surface area contributed by atoms with E-state index >= 15 is 0 Å². The molecule has 0 bridgehead atoms. The van der Waals surface area contributed by atoms with Crippen molar-refractivity contribution < 1.29 is 4.79 Å². The Balaban J connectivity index is 1.52. The van der Waals surface area contributed by atoms with Crippen molar-refractivity contribution in [3.63, 3.8) is 0 Å². The van der Waals surface area contributed by atoms with Gasteiger partial charge in [0, 0.05) is 29.4 Å². The minimum absolute atomic E-state index is 0.0728. The first-order chi connectivity index (χ1) is 15.1. The summed E-state index contributed by atoms with van der Waals surface area (Å²) in [6.07, 6.45) is 2.59. The van der Waals surface area contributed by atoms with Crippen LogP contribution in [0.25, 0.3) is 22.3 Å². The maximum atomic E-state index is 12.2. The molecule has 0 saturated carbocycles. The van der Waals surface area contributed by atoms with Crippen LogP contribution in [0.3, 0.4) is 0 Å². The lowest BCUT2D eigenvalue weighted by atomic mass is 10.1. The van der Waals surface area contributed by atoms with Crippen LogP contribution in [0.15, 0.2) is 67.0 Å². The first kappa shape index (κ1) is 19.2. The Morgan fingerprint density at radius 3 is 2.61 bits per heavy atom. The highest BCUT2D eigenvalue weighted by Gasteiger charge is 2.23. The molecule has 2 aromatic carbocycles. The normalized spacial score (nSPS) is 12.9. The summed E-state index contributed by atoms with van der Waals surface area (Å²) in [4.78, 5) is 28.4. The summed E-state index contributed by atoms with van der Waals surface area (Å²) in [6.45, 7) is 4.77. The van der Waals surface area contributed by atoms with Crippen LogP contribution in [0.1, 0.15) is 29.8 Å². The number of hydrogen-bond donors (Lipinski definition) is 1. The molecule has 0 saturated heterocycles. The van der Waals surface area contributed by atoms with Gasteiger partial charge in [-0.25, -0.2) is 15.0 Å². The van der Waals surface area contributed by atoms with Crippen LogP contribution in [0.5, 0.6) is 0 Å². The average Bonchev–Trinajstić information content (AvgIpc) is 3.22. The molecule has 154 valence electrons. The molecule has 0 aliphatic carbocycles. The highest BCUT2D eigenvalue weighted by molar-refractivity contribution is 5.95. The van der Waals surface area contributed by atoms with Gasteiger partial charge in [0.2, 0.25) is 0 Å². The zero-order chi connectivity index (χ0) is 21.4. The van der Waals surface area contributed by atoms with Gasteiger partial charge in [0.05, 0.1) is 11.2 Å². The third-order valence-electron chi connectivity index (χ3n) is 5.47. The van der Waals surface area contributed by atoms with Gasteiger partial charge in [-0.05, 0) is 56.2 Å². The number of para-hydroxylation sites is 1. The molecule has 31 heavy (non-hydrogen) atoms. The molecule has 6 heteroatoms. The van der Waals surface area contributed by atoms with Crippen molar-refractivity contribution in [2.75, 3.05) is 11.4 Å². The van der Waals surface area contributed by atoms with E-state index in [1.54, 1.807) is 6.33 Å². The van der Waals surface area contributed by atoms with Crippen LogP contribution in [-0.2, 0) is 6.42 Å². The summed E-state index contributed by atoms with van der Waals surface area (Å²) in [5, 5.41) is 2.91. The largest absolute Gasteiger partial charge is 0.350 e. The van der Waals surface area contributed by atoms with E-state index in [2.05, 4.69) is 44.5 Å². The number of nitrogens with one attached hydrogen (secondary N) is 1. The van der Waals surface area contributed by atoms with Crippen molar-refractivity contribution in [2.24, 2.45) is 0 Å². The lowest BCUT2D eigenvalue weighted by Gasteiger charge is -2.19. The fraction of sp³-hybridized carbons (Fsp3) is 0.200. The Hall–Kier alpha value is -3.80. The Morgan fingerprint density at radius 1 is 1.00 bits per heavy atom. The van der Waals surface area contributed by atoms with Gasteiger partial charge in [0.15, 0.2) is 5.82 Å². The van der Waals surface area contributed by atoms with Crippen LogP contribution in [0.4, 0.5) is 11.5 Å². The second-order valence-electron chi connectivity index (χ2n) is 8.00. The molecule has 0 radical (unpaired) electrons. The SMILES string of the molecule is CC(C)NC(=O)c1ccc(-c2ccc3ncnc(N4CCc5ccccc54)c3n2)cc1. The third-order valence-corrected chi connectivity index (χ3v) is 5.47. The van der Waals surface area contributed by atoms with E-state index < -0.39 is 0 Å². The highest BCUT2D eigenvalue weighted by Crippen LogP contribution is 2.36. The van der Waals surface area contributed by atoms with Crippen LogP contribution in [0.2, 0.25) is 0 Å². The van der Waals surface area contributed by atoms with Gasteiger partial charge >= 0.3 is 0 Å². The fourth-order valence-electron chi connectivity index (χ4n) is 3.98. The Labute approximate surface area is 181 Å². The minimum Gasteiger partial charge on any atom is -0.350 e. The topological polar surface area (TPSA) is 71.0 Å². The summed E-state index contributed by atoms with van der Waals surface area (Å²) in [6, 6.07) is 20.0. The summed E-state index contributed by atoms with van der Waals surface area (Å²) >= 11 is 0. The highest BCUT2D eigenvalue weighted by atomic mass is 16.1. The van der Waals surface area contributed by atoms with Crippen molar-refractivity contribution in [2.45, 2.75) is 26.3 Å². The van der Waals surface area contributed by atoms with Crippen LogP contribution in [-0.4, -0.2) is 33.4 Å². The number of hydrogen-bond acceptors (Lipinski definition) is 5. The Morgan fingerprint density at radius 2 is 1.81 bits per heavy atom. The molecule has 6 nitrogen and oxygen atoms in total. The molecule has 1 N–H and O–H groups in total. The quantitative estimate of drug-likeness (QED) is 0.536. The molecule has 1 amide bonds. The second kappa shape index (κ2) is 7.80. The molecule has 2 aromatic heterocycles. The van der Waals surface area contributed by atoms with Gasteiger partial charge in [0.25, 0.3) is 5.91 Å². The lowest BCUT2D eigenvalue weighted by molar-refractivity contribution is 0.0943. The van der Waals surface area contributed by atoms with Gasteiger partial charge in [-0.2, -0.15) is 0 Å². The predicted octanol–water partition coefficient (Wildman–Crippen LogP) is 4.52. The zero-order valence-electron chi connectivity index (χ0n) is 17.5. The van der Waals surface area contributed by atoms with E-state index in [1.165, 1.54) is 11.3 Å². The summed E-state index contributed by atoms with van der Waals surface area (Å²) in [7, 11) is 0. The average molecular weight is 409 g/mol. The number of benzene rings is 2. The first-order valence-corrected chi connectivity index (χ1v) is 10.5. The number of pyridine rings is 1. The number of nitrogens with zero attached hydrogens (tertiary/aromatic N) is 4. The van der Waals surface area contributed by atoms with E-state index in [1.807, 2.05) is 50.2 Å². The van der Waals surface area contributed by atoms with Gasteiger partial charge in [-0.3, -0.25) is 4.79 Å². The molecule has 1 aliphatic heterocycles. The number of rotatable bonds is 4. The number of fused-ring (bicyclic) bond motifs is 2. The first-order valence-electron chi connectivity index (χ1n) is 10.5. The van der Waals surface area contributed by atoms with Crippen LogP contribution in [0, 0.1) is 0 Å². The molecule has 0 unspecified atom stereocenters. The summed E-state index contributed by atoms with van der Waals surface area (Å²) in [5.41, 5.74) is 6.49. The van der Waals surface area contributed by atoms with Crippen molar-refractivity contribution in [3.8, 4) is 11.3 Å². The molecular formula is C25H23N5O. The van der Waals surface area contributed by atoms with Crippen molar-refractivity contribution >= 4 is 28.4 Å². The van der Waals surface area contributed by atoms with Crippen molar-refractivity contribution in [3.05, 3.63) is 78.1 Å². The smallest absolute Gasteiger partial charge is 0.251 e. The maximum Gasteiger partial charge on any atom is 0.251 e. The number of aromatic nitrogens is 3. The van der Waals surface area contributed by atoms with Crippen LogP contribution < -0.4 is 10.2 Å². The standard InChI is InChI=1S/C25H23N5O/c1-16(2)28-25(31)19-9-7-17(8-10-19)20-11-12-21-23(29-20)24(27-15-26-21)30-14-13-18-5-3-4-6-22(18)30/h3-12,15-16H,13-14H2,1-2H3,(H,28,31). The lowest BCUT2D eigenvalue weighted by Crippen LogP contribution is -2.29. The van der Waals surface area contributed by atoms with E-state index in [0.29, 0.717) is 5.56 Å². The molecular weight excluding hydrogens is 386 g/mol. The Bertz CT molecular complexity index is 1270. The number of carbonyl (C=O) groups excluding carboxylic acids is 1. The number of carbonyl (C=O) groups is 1. The number of amides is 1. The van der Waals surface area contributed by atoms with E-state index in [0.717, 1.165) is 41.1 Å². The molecule has 3 heterocycles. The van der Waals surface area contributed by atoms with E-state index in [-0.39, 0.29) is 11.9 Å². The molecule has 1 aliphatic rings. The van der Waals surface area contributed by atoms with Gasteiger partial charge in [-0.15, -0.1) is 0 Å².